The van der Waals surface area contributed by atoms with Crippen molar-refractivity contribution >= 4 is 35.0 Å². The van der Waals surface area contributed by atoms with Crippen LogP contribution < -0.4 is 10.1 Å². The molecule has 24 heavy (non-hydrogen) atoms. The minimum absolute atomic E-state index is 0.0479. The molecule has 0 atom stereocenters. The maximum absolute atomic E-state index is 12.0. The molecule has 7 heteroatoms. The maximum Gasteiger partial charge on any atom is 0.274 e. The Morgan fingerprint density at radius 2 is 2.04 bits per heavy atom. The molecule has 6 nitrogen and oxygen atoms in total. The molecule has 0 fully saturated rings. The highest BCUT2D eigenvalue weighted by Gasteiger charge is 2.11. The molecular formula is C17H15ClN2O4. The molecule has 0 unspecified atom stereocenters. The summed E-state index contributed by atoms with van der Waals surface area (Å²) in [7, 11) is 1.52. The van der Waals surface area contributed by atoms with E-state index < -0.39 is 10.8 Å². The molecule has 0 aliphatic carbocycles. The number of halogens is 1. The van der Waals surface area contributed by atoms with Crippen molar-refractivity contribution in [3.05, 3.63) is 68.7 Å². The first-order chi connectivity index (χ1) is 11.4. The lowest BCUT2D eigenvalue weighted by Gasteiger charge is -2.06. The van der Waals surface area contributed by atoms with Crippen LogP contribution in [-0.2, 0) is 4.79 Å². The van der Waals surface area contributed by atoms with Crippen molar-refractivity contribution < 1.29 is 14.5 Å². The number of amides is 1. The van der Waals surface area contributed by atoms with E-state index in [0.29, 0.717) is 27.6 Å². The Hall–Kier alpha value is -2.86. The number of rotatable bonds is 5. The minimum atomic E-state index is -0.488. The number of aryl methyl sites for hydroxylation is 1. The molecule has 1 N–H and O–H groups in total. The Balaban J connectivity index is 2.15. The van der Waals surface area contributed by atoms with E-state index in [1.54, 1.807) is 43.3 Å². The highest BCUT2D eigenvalue weighted by Crippen LogP contribution is 2.24. The Bertz CT molecular complexity index is 818. The molecule has 0 saturated heterocycles. The summed E-state index contributed by atoms with van der Waals surface area (Å²) >= 11 is 5.93. The van der Waals surface area contributed by atoms with Crippen LogP contribution in [-0.4, -0.2) is 17.9 Å². The van der Waals surface area contributed by atoms with Crippen LogP contribution in [0.4, 0.5) is 11.4 Å². The van der Waals surface area contributed by atoms with Gasteiger partial charge >= 0.3 is 0 Å². The van der Waals surface area contributed by atoms with Gasteiger partial charge in [0, 0.05) is 34.0 Å². The smallest absolute Gasteiger partial charge is 0.274 e. The van der Waals surface area contributed by atoms with Crippen LogP contribution in [0.3, 0.4) is 0 Å². The maximum atomic E-state index is 12.0. The summed E-state index contributed by atoms with van der Waals surface area (Å²) in [6, 6.07) is 9.56. The monoisotopic (exact) mass is 346 g/mol. The third-order valence-electron chi connectivity index (χ3n) is 3.28. The number of hydrogen-bond acceptors (Lipinski definition) is 4. The Labute approximate surface area is 143 Å². The van der Waals surface area contributed by atoms with E-state index in [1.165, 1.54) is 19.3 Å². The zero-order chi connectivity index (χ0) is 17.7. The third-order valence-corrected chi connectivity index (χ3v) is 3.51. The summed E-state index contributed by atoms with van der Waals surface area (Å²) in [5.41, 5.74) is 1.47. The van der Waals surface area contributed by atoms with E-state index in [0.717, 1.165) is 0 Å². The average molecular weight is 347 g/mol. The summed E-state index contributed by atoms with van der Waals surface area (Å²) < 4.78 is 5.19. The third kappa shape index (κ3) is 4.33. The van der Waals surface area contributed by atoms with Crippen LogP contribution in [0.15, 0.2) is 42.5 Å². The second-order valence-electron chi connectivity index (χ2n) is 4.97. The van der Waals surface area contributed by atoms with E-state index in [9.17, 15) is 14.9 Å². The van der Waals surface area contributed by atoms with E-state index >= 15 is 0 Å². The largest absolute Gasteiger partial charge is 0.496 e. The standard InChI is InChI=1S/C17H15ClN2O4/c1-11-3-6-14(10-15(11)20(22)23)19-17(21)8-4-12-9-13(18)5-7-16(12)24-2/h3-10H,1-2H3,(H,19,21)/b8-4+. The van der Waals surface area contributed by atoms with E-state index in [2.05, 4.69) is 5.32 Å². The fourth-order valence-corrected chi connectivity index (χ4v) is 2.25. The van der Waals surface area contributed by atoms with Gasteiger partial charge in [0.25, 0.3) is 5.69 Å². The van der Waals surface area contributed by atoms with Crippen molar-refractivity contribution in [3.63, 3.8) is 0 Å². The number of nitro groups is 1. The summed E-state index contributed by atoms with van der Waals surface area (Å²) in [6.45, 7) is 1.63. The molecule has 2 aromatic carbocycles. The van der Waals surface area contributed by atoms with Crippen LogP contribution in [0.1, 0.15) is 11.1 Å². The SMILES string of the molecule is COc1ccc(Cl)cc1/C=C/C(=O)Nc1ccc(C)c([N+](=O)[O-])c1. The molecule has 0 radical (unpaired) electrons. The zero-order valence-corrected chi connectivity index (χ0v) is 13.8. The molecule has 124 valence electrons. The van der Waals surface area contributed by atoms with Crippen LogP contribution in [0.5, 0.6) is 5.75 Å². The fourth-order valence-electron chi connectivity index (χ4n) is 2.07. The number of nitrogens with zero attached hydrogens (tertiary/aromatic N) is 1. The molecule has 0 aliphatic heterocycles. The summed E-state index contributed by atoms with van der Waals surface area (Å²) in [5.74, 6) is 0.157. The lowest BCUT2D eigenvalue weighted by Crippen LogP contribution is -2.08. The van der Waals surface area contributed by atoms with Crippen molar-refractivity contribution in [1.82, 2.24) is 0 Å². The number of nitro benzene ring substituents is 1. The minimum Gasteiger partial charge on any atom is -0.496 e. The summed E-state index contributed by atoms with van der Waals surface area (Å²) in [4.78, 5) is 22.4. The molecule has 0 aromatic heterocycles. The number of benzene rings is 2. The Morgan fingerprint density at radius 1 is 1.29 bits per heavy atom. The first-order valence-corrected chi connectivity index (χ1v) is 7.36. The van der Waals surface area contributed by atoms with Gasteiger partial charge in [-0.2, -0.15) is 0 Å². The van der Waals surface area contributed by atoms with E-state index in [-0.39, 0.29) is 5.69 Å². The quantitative estimate of drug-likeness (QED) is 0.499. The second-order valence-corrected chi connectivity index (χ2v) is 5.40. The first kappa shape index (κ1) is 17.5. The summed E-state index contributed by atoms with van der Waals surface area (Å²) in [5, 5.41) is 14.0. The lowest BCUT2D eigenvalue weighted by molar-refractivity contribution is -0.385. The molecule has 0 spiro atoms. The van der Waals surface area contributed by atoms with Gasteiger partial charge < -0.3 is 10.1 Å². The molecule has 0 saturated carbocycles. The van der Waals surface area contributed by atoms with Gasteiger partial charge in [-0.05, 0) is 37.3 Å². The topological polar surface area (TPSA) is 81.5 Å². The van der Waals surface area contributed by atoms with Gasteiger partial charge in [0.1, 0.15) is 5.75 Å². The highest BCUT2D eigenvalue weighted by molar-refractivity contribution is 6.30. The molecule has 0 aliphatic rings. The Kier molecular flexibility index (Phi) is 5.55. The second kappa shape index (κ2) is 7.61. The zero-order valence-electron chi connectivity index (χ0n) is 13.1. The average Bonchev–Trinajstić information content (AvgIpc) is 2.54. The number of nitrogens with one attached hydrogen (secondary N) is 1. The number of methoxy groups -OCH3 is 1. The van der Waals surface area contributed by atoms with Crippen LogP contribution in [0, 0.1) is 17.0 Å². The first-order valence-electron chi connectivity index (χ1n) is 6.98. The number of ether oxygens (including phenoxy) is 1. The van der Waals surface area contributed by atoms with Gasteiger partial charge in [0.05, 0.1) is 12.0 Å². The molecule has 1 amide bonds. The molecule has 0 heterocycles. The van der Waals surface area contributed by atoms with Crippen molar-refractivity contribution in [2.45, 2.75) is 6.92 Å². The number of carbonyl (C=O) groups is 1. The number of hydrogen-bond donors (Lipinski definition) is 1. The number of anilines is 1. The fraction of sp³-hybridized carbons (Fsp3) is 0.118. The van der Waals surface area contributed by atoms with Gasteiger partial charge in [0.15, 0.2) is 0 Å². The molecule has 2 rings (SSSR count). The predicted octanol–water partition coefficient (Wildman–Crippen LogP) is 4.22. The molecular weight excluding hydrogens is 332 g/mol. The van der Waals surface area contributed by atoms with E-state index in [4.69, 9.17) is 16.3 Å². The van der Waals surface area contributed by atoms with Crippen LogP contribution >= 0.6 is 11.6 Å². The number of carbonyl (C=O) groups excluding carboxylic acids is 1. The van der Waals surface area contributed by atoms with Crippen LogP contribution in [0.25, 0.3) is 6.08 Å². The molecule has 0 bridgehead atoms. The van der Waals surface area contributed by atoms with Crippen molar-refractivity contribution in [2.75, 3.05) is 12.4 Å². The van der Waals surface area contributed by atoms with Crippen molar-refractivity contribution in [2.24, 2.45) is 0 Å². The normalized spacial score (nSPS) is 10.6. The van der Waals surface area contributed by atoms with Gasteiger partial charge in [-0.3, -0.25) is 14.9 Å². The van der Waals surface area contributed by atoms with Crippen LogP contribution in [0.2, 0.25) is 5.02 Å². The lowest BCUT2D eigenvalue weighted by atomic mass is 10.1. The Morgan fingerprint density at radius 3 is 2.71 bits per heavy atom. The molecule has 2 aromatic rings. The van der Waals surface area contributed by atoms with Gasteiger partial charge in [0.2, 0.25) is 5.91 Å². The highest BCUT2D eigenvalue weighted by atomic mass is 35.5. The van der Waals surface area contributed by atoms with E-state index in [1.807, 2.05) is 0 Å². The van der Waals surface area contributed by atoms with Gasteiger partial charge in [-0.25, -0.2) is 0 Å². The van der Waals surface area contributed by atoms with Crippen molar-refractivity contribution in [1.29, 1.82) is 0 Å². The predicted molar refractivity (Wildman–Crippen MR) is 93.5 cm³/mol. The van der Waals surface area contributed by atoms with Gasteiger partial charge in [-0.15, -0.1) is 0 Å². The van der Waals surface area contributed by atoms with Crippen molar-refractivity contribution in [3.8, 4) is 5.75 Å². The van der Waals surface area contributed by atoms with Gasteiger partial charge in [-0.1, -0.05) is 17.7 Å². The summed E-state index contributed by atoms with van der Waals surface area (Å²) in [6.07, 6.45) is 2.86.